The molecule has 13 heteroatoms. The quantitative estimate of drug-likeness (QED) is 0.494. The number of likely N-dealkylation sites (tertiary alicyclic amines) is 3. The Bertz CT molecular complexity index is 1120. The van der Waals surface area contributed by atoms with Crippen LogP contribution in [0.1, 0.15) is 43.4 Å². The van der Waals surface area contributed by atoms with Gasteiger partial charge in [0.15, 0.2) is 0 Å². The van der Waals surface area contributed by atoms with Crippen LogP contribution in [0.25, 0.3) is 6.08 Å². The Kier molecular flexibility index (Phi) is 8.71. The standard InChI is InChI=1S/C23H31ClN4O6S2/c24-20-8-7-17(35-20)9-13-36(33,34)25-18-5-2-10-26(22(18)31)14-21(30)28-12-3-6-19(28)23(32)27-11-1-4-16(27)15-29/h7-9,13,16,18-19,25,29H,1-6,10-12,14-15H2/t16-,18-,19-/m0/s1. The minimum Gasteiger partial charge on any atom is -0.394 e. The van der Waals surface area contributed by atoms with Crippen LogP contribution in [0.4, 0.5) is 0 Å². The number of sulfonamides is 1. The Morgan fingerprint density at radius 3 is 2.56 bits per heavy atom. The molecule has 3 aliphatic rings. The highest BCUT2D eigenvalue weighted by Gasteiger charge is 2.41. The Hall–Kier alpha value is -1.99. The molecule has 2 N–H and O–H groups in total. The molecule has 0 spiro atoms. The molecule has 0 aliphatic carbocycles. The van der Waals surface area contributed by atoms with E-state index in [9.17, 15) is 27.9 Å². The topological polar surface area (TPSA) is 127 Å². The van der Waals surface area contributed by atoms with Crippen LogP contribution in [0, 0.1) is 0 Å². The fourth-order valence-corrected chi connectivity index (χ4v) is 7.17. The van der Waals surface area contributed by atoms with E-state index >= 15 is 0 Å². The van der Waals surface area contributed by atoms with Crippen molar-refractivity contribution in [3.05, 3.63) is 26.8 Å². The summed E-state index contributed by atoms with van der Waals surface area (Å²) in [5.41, 5.74) is 0. The van der Waals surface area contributed by atoms with E-state index in [1.165, 1.54) is 27.2 Å². The molecule has 4 heterocycles. The third-order valence-electron chi connectivity index (χ3n) is 6.90. The lowest BCUT2D eigenvalue weighted by molar-refractivity contribution is -0.148. The Morgan fingerprint density at radius 1 is 1.11 bits per heavy atom. The Balaban J connectivity index is 1.36. The highest BCUT2D eigenvalue weighted by molar-refractivity contribution is 7.92. The number of nitrogens with one attached hydrogen (secondary N) is 1. The zero-order valence-corrected chi connectivity index (χ0v) is 22.2. The Morgan fingerprint density at radius 2 is 1.83 bits per heavy atom. The fourth-order valence-electron chi connectivity index (χ4n) is 5.10. The van der Waals surface area contributed by atoms with E-state index in [4.69, 9.17) is 11.6 Å². The monoisotopic (exact) mass is 558 g/mol. The van der Waals surface area contributed by atoms with Gasteiger partial charge in [0.1, 0.15) is 12.1 Å². The predicted octanol–water partition coefficient (Wildman–Crippen LogP) is 1.26. The molecule has 0 unspecified atom stereocenters. The van der Waals surface area contributed by atoms with Gasteiger partial charge in [-0.15, -0.1) is 11.3 Å². The summed E-state index contributed by atoms with van der Waals surface area (Å²) in [6.45, 7) is 1.05. The van der Waals surface area contributed by atoms with Crippen molar-refractivity contribution < 1.29 is 27.9 Å². The van der Waals surface area contributed by atoms with Gasteiger partial charge in [-0.2, -0.15) is 4.72 Å². The third kappa shape index (κ3) is 6.28. The molecule has 4 rings (SSSR count). The molecule has 1 aromatic heterocycles. The highest BCUT2D eigenvalue weighted by Crippen LogP contribution is 2.26. The van der Waals surface area contributed by atoms with Crippen molar-refractivity contribution in [2.45, 2.75) is 56.7 Å². The first-order valence-corrected chi connectivity index (χ1v) is 14.9. The van der Waals surface area contributed by atoms with Crippen LogP contribution >= 0.6 is 22.9 Å². The number of carbonyl (C=O) groups is 3. The summed E-state index contributed by atoms with van der Waals surface area (Å²) in [5, 5.41) is 10.6. The van der Waals surface area contributed by atoms with Gasteiger partial charge in [0.05, 0.1) is 23.5 Å². The maximum absolute atomic E-state index is 13.1. The molecular weight excluding hydrogens is 528 g/mol. The number of hydrogen-bond donors (Lipinski definition) is 2. The molecule has 0 saturated carbocycles. The SMILES string of the molecule is O=C1[C@@H](NS(=O)(=O)C=Cc2ccc(Cl)s2)CCCN1CC(=O)N1CCC[C@H]1C(=O)N1CCC[C@H]1CO. The van der Waals surface area contributed by atoms with E-state index in [2.05, 4.69) is 4.72 Å². The van der Waals surface area contributed by atoms with Crippen LogP contribution in [0.2, 0.25) is 4.34 Å². The van der Waals surface area contributed by atoms with Crippen molar-refractivity contribution >= 4 is 56.8 Å². The fraction of sp³-hybridized carbons (Fsp3) is 0.609. The molecule has 3 aliphatic heterocycles. The number of amides is 3. The van der Waals surface area contributed by atoms with Gasteiger partial charge in [-0.1, -0.05) is 11.6 Å². The number of aliphatic hydroxyl groups excluding tert-OH is 1. The molecule has 10 nitrogen and oxygen atoms in total. The summed E-state index contributed by atoms with van der Waals surface area (Å²) in [4.78, 5) is 44.5. The molecule has 0 bridgehead atoms. The van der Waals surface area contributed by atoms with E-state index in [-0.39, 0.29) is 31.0 Å². The van der Waals surface area contributed by atoms with Crippen molar-refractivity contribution in [2.24, 2.45) is 0 Å². The lowest BCUT2D eigenvalue weighted by atomic mass is 10.1. The van der Waals surface area contributed by atoms with Crippen molar-refractivity contribution in [3.8, 4) is 0 Å². The second-order valence-corrected chi connectivity index (χ2v) is 12.7. The molecular formula is C23H31ClN4O6S2. The lowest BCUT2D eigenvalue weighted by Gasteiger charge is -2.35. The average Bonchev–Trinajstić information content (AvgIpc) is 3.60. The van der Waals surface area contributed by atoms with Gasteiger partial charge >= 0.3 is 0 Å². The molecule has 3 fully saturated rings. The zero-order chi connectivity index (χ0) is 25.9. The number of hydrogen-bond acceptors (Lipinski definition) is 7. The second kappa shape index (κ2) is 11.6. The number of carbonyl (C=O) groups excluding carboxylic acids is 3. The number of halogens is 1. The maximum atomic E-state index is 13.1. The normalized spacial score (nSPS) is 25.3. The minimum atomic E-state index is -3.89. The van der Waals surface area contributed by atoms with Crippen molar-refractivity contribution in [1.29, 1.82) is 0 Å². The summed E-state index contributed by atoms with van der Waals surface area (Å²) >= 11 is 7.10. The van der Waals surface area contributed by atoms with Gasteiger partial charge < -0.3 is 19.8 Å². The predicted molar refractivity (Wildman–Crippen MR) is 137 cm³/mol. The summed E-state index contributed by atoms with van der Waals surface area (Å²) in [5.74, 6) is -0.920. The van der Waals surface area contributed by atoms with Gasteiger partial charge in [0.2, 0.25) is 27.7 Å². The van der Waals surface area contributed by atoms with Crippen LogP contribution in [0.5, 0.6) is 0 Å². The number of piperidine rings is 1. The molecule has 0 aromatic carbocycles. The highest BCUT2D eigenvalue weighted by atomic mass is 35.5. The van der Waals surface area contributed by atoms with E-state index in [0.717, 1.165) is 18.2 Å². The van der Waals surface area contributed by atoms with Crippen LogP contribution in [-0.2, 0) is 24.4 Å². The van der Waals surface area contributed by atoms with Gasteiger partial charge in [0.25, 0.3) is 0 Å². The average molecular weight is 559 g/mol. The molecule has 198 valence electrons. The molecule has 1 aromatic rings. The van der Waals surface area contributed by atoms with E-state index in [0.29, 0.717) is 54.5 Å². The number of aliphatic hydroxyl groups is 1. The molecule has 3 atom stereocenters. The summed E-state index contributed by atoms with van der Waals surface area (Å²) in [6.07, 6.45) is 5.12. The number of nitrogens with zero attached hydrogens (tertiary/aromatic N) is 3. The van der Waals surface area contributed by atoms with Gasteiger partial charge in [0, 0.05) is 29.9 Å². The number of thiophene rings is 1. The van der Waals surface area contributed by atoms with Gasteiger partial charge in [-0.3, -0.25) is 14.4 Å². The van der Waals surface area contributed by atoms with E-state index < -0.39 is 28.0 Å². The van der Waals surface area contributed by atoms with Crippen LogP contribution in [-0.4, -0.2) is 96.9 Å². The molecule has 0 radical (unpaired) electrons. The summed E-state index contributed by atoms with van der Waals surface area (Å²) in [6, 6.07) is 1.61. The van der Waals surface area contributed by atoms with Gasteiger partial charge in [-0.25, -0.2) is 8.42 Å². The maximum Gasteiger partial charge on any atom is 0.245 e. The zero-order valence-electron chi connectivity index (χ0n) is 19.8. The van der Waals surface area contributed by atoms with Crippen LogP contribution < -0.4 is 4.72 Å². The largest absolute Gasteiger partial charge is 0.394 e. The first-order chi connectivity index (χ1) is 17.2. The lowest BCUT2D eigenvalue weighted by Crippen LogP contribution is -2.56. The van der Waals surface area contributed by atoms with Crippen molar-refractivity contribution in [2.75, 3.05) is 32.8 Å². The van der Waals surface area contributed by atoms with E-state index in [1.807, 2.05) is 0 Å². The Labute approximate surface area is 219 Å². The molecule has 3 amide bonds. The first kappa shape index (κ1) is 27.1. The molecule has 3 saturated heterocycles. The van der Waals surface area contributed by atoms with E-state index in [1.54, 1.807) is 17.0 Å². The third-order valence-corrected chi connectivity index (χ3v) is 9.20. The second-order valence-electron chi connectivity index (χ2n) is 9.32. The van der Waals surface area contributed by atoms with Gasteiger partial charge in [-0.05, 0) is 56.7 Å². The summed E-state index contributed by atoms with van der Waals surface area (Å²) < 4.78 is 28.0. The van der Waals surface area contributed by atoms with Crippen molar-refractivity contribution in [3.63, 3.8) is 0 Å². The first-order valence-electron chi connectivity index (χ1n) is 12.1. The number of rotatable bonds is 8. The molecule has 36 heavy (non-hydrogen) atoms. The minimum absolute atomic E-state index is 0.0950. The summed E-state index contributed by atoms with van der Waals surface area (Å²) in [7, 11) is -3.89. The smallest absolute Gasteiger partial charge is 0.245 e. The van der Waals surface area contributed by atoms with Crippen molar-refractivity contribution in [1.82, 2.24) is 19.4 Å². The van der Waals surface area contributed by atoms with Crippen LogP contribution in [0.15, 0.2) is 17.5 Å². The van der Waals surface area contributed by atoms with Crippen LogP contribution in [0.3, 0.4) is 0 Å².